The third kappa shape index (κ3) is 2.78. The van der Waals surface area contributed by atoms with Gasteiger partial charge in [0.25, 0.3) is 0 Å². The van der Waals surface area contributed by atoms with Gasteiger partial charge in [-0.25, -0.2) is 0 Å². The molecule has 2 aliphatic rings. The summed E-state index contributed by atoms with van der Waals surface area (Å²) < 4.78 is 2.04. The predicted molar refractivity (Wildman–Crippen MR) is 100 cm³/mol. The Labute approximate surface area is 156 Å². The van der Waals surface area contributed by atoms with Crippen molar-refractivity contribution in [3.8, 4) is 0 Å². The number of benzene rings is 1. The summed E-state index contributed by atoms with van der Waals surface area (Å²) in [6, 6.07) is 7.83. The van der Waals surface area contributed by atoms with Gasteiger partial charge in [-0.05, 0) is 45.7 Å². The van der Waals surface area contributed by atoms with Gasteiger partial charge >= 0.3 is 0 Å². The van der Waals surface area contributed by atoms with Crippen molar-refractivity contribution in [2.75, 3.05) is 10.2 Å². The van der Waals surface area contributed by atoms with Gasteiger partial charge in [-0.2, -0.15) is 0 Å². The minimum absolute atomic E-state index is 0.118. The summed E-state index contributed by atoms with van der Waals surface area (Å²) in [6.07, 6.45) is 3.98. The number of hydrogen-bond donors (Lipinski definition) is 1. The van der Waals surface area contributed by atoms with Gasteiger partial charge in [0.1, 0.15) is 11.9 Å². The third-order valence-corrected chi connectivity index (χ3v) is 5.90. The van der Waals surface area contributed by atoms with E-state index in [9.17, 15) is 9.59 Å². The first kappa shape index (κ1) is 17.1. The van der Waals surface area contributed by atoms with Crippen LogP contribution in [-0.4, -0.2) is 37.4 Å². The molecule has 2 amide bonds. The first-order valence-corrected chi connectivity index (χ1v) is 9.58. The highest BCUT2D eigenvalue weighted by molar-refractivity contribution is 8.00. The van der Waals surface area contributed by atoms with E-state index in [1.54, 1.807) is 25.1 Å². The number of fused-ring (bicyclic) bond motifs is 1. The predicted octanol–water partition coefficient (Wildman–Crippen LogP) is 2.86. The lowest BCUT2D eigenvalue weighted by Crippen LogP contribution is -2.60. The van der Waals surface area contributed by atoms with Crippen LogP contribution in [0.25, 0.3) is 0 Å². The number of carbonyl (C=O) groups is 2. The Kier molecular flexibility index (Phi) is 4.02. The summed E-state index contributed by atoms with van der Waals surface area (Å²) >= 11 is 1.39. The number of aromatic nitrogens is 3. The van der Waals surface area contributed by atoms with Gasteiger partial charge < -0.3 is 9.88 Å². The van der Waals surface area contributed by atoms with Crippen LogP contribution in [0.4, 0.5) is 11.4 Å². The minimum Gasteiger partial charge on any atom is -0.322 e. The lowest BCUT2D eigenvalue weighted by molar-refractivity contribution is -0.126. The first-order chi connectivity index (χ1) is 12.4. The average Bonchev–Trinajstić information content (AvgIpc) is 3.35. The molecule has 8 heteroatoms. The van der Waals surface area contributed by atoms with Crippen molar-refractivity contribution in [1.29, 1.82) is 0 Å². The molecule has 1 unspecified atom stereocenters. The quantitative estimate of drug-likeness (QED) is 0.836. The summed E-state index contributed by atoms with van der Waals surface area (Å²) in [5.41, 5.74) is 0.409. The summed E-state index contributed by atoms with van der Waals surface area (Å²) in [7, 11) is 0. The monoisotopic (exact) mass is 371 g/mol. The molecule has 7 nitrogen and oxygen atoms in total. The van der Waals surface area contributed by atoms with Crippen LogP contribution >= 0.6 is 11.8 Å². The largest absolute Gasteiger partial charge is 0.322 e. The van der Waals surface area contributed by atoms with Gasteiger partial charge in [0, 0.05) is 6.04 Å². The number of carbonyl (C=O) groups excluding carboxylic acids is 2. The van der Waals surface area contributed by atoms with Crippen LogP contribution in [0.2, 0.25) is 0 Å². The fourth-order valence-corrected chi connectivity index (χ4v) is 4.09. The maximum atomic E-state index is 13.3. The Morgan fingerprint density at radius 2 is 2.08 bits per heavy atom. The van der Waals surface area contributed by atoms with Crippen LogP contribution in [0.5, 0.6) is 0 Å². The van der Waals surface area contributed by atoms with Crippen LogP contribution in [0, 0.1) is 0 Å². The lowest BCUT2D eigenvalue weighted by atomic mass is 9.96. The van der Waals surface area contributed by atoms with Crippen molar-refractivity contribution in [2.45, 2.75) is 55.6 Å². The van der Waals surface area contributed by atoms with E-state index in [-0.39, 0.29) is 11.8 Å². The van der Waals surface area contributed by atoms with Crippen LogP contribution in [-0.2, 0) is 9.59 Å². The van der Waals surface area contributed by atoms with Gasteiger partial charge in [-0.15, -0.1) is 10.2 Å². The van der Waals surface area contributed by atoms with E-state index in [0.29, 0.717) is 11.7 Å². The smallest absolute Gasteiger partial charge is 0.250 e. The van der Waals surface area contributed by atoms with Crippen LogP contribution < -0.4 is 10.2 Å². The maximum absolute atomic E-state index is 13.3. The number of anilines is 2. The zero-order valence-electron chi connectivity index (χ0n) is 15.0. The van der Waals surface area contributed by atoms with E-state index in [2.05, 4.69) is 15.5 Å². The Bertz CT molecular complexity index is 874. The molecule has 1 aliphatic carbocycles. The molecule has 0 saturated heterocycles. The van der Waals surface area contributed by atoms with Crippen molar-refractivity contribution < 1.29 is 9.59 Å². The van der Waals surface area contributed by atoms with Crippen LogP contribution in [0.3, 0.4) is 0 Å². The SMILES string of the molecule is CC(Sc1nncn1C1CC1)C(=O)N1c2ccccc2NC(=O)C1(C)C. The Hall–Kier alpha value is -2.35. The highest BCUT2D eigenvalue weighted by Crippen LogP contribution is 2.40. The van der Waals surface area contributed by atoms with Crippen molar-refractivity contribution in [2.24, 2.45) is 0 Å². The number of thioether (sulfide) groups is 1. The number of hydrogen-bond acceptors (Lipinski definition) is 5. The van der Waals surface area contributed by atoms with E-state index < -0.39 is 10.8 Å². The number of rotatable bonds is 4. The number of amides is 2. The van der Waals surface area contributed by atoms with Crippen molar-refractivity contribution in [3.05, 3.63) is 30.6 Å². The third-order valence-electron chi connectivity index (χ3n) is 4.84. The van der Waals surface area contributed by atoms with E-state index in [0.717, 1.165) is 23.7 Å². The second-order valence-corrected chi connectivity index (χ2v) is 8.52. The summed E-state index contributed by atoms with van der Waals surface area (Å²) in [5, 5.41) is 11.4. The summed E-state index contributed by atoms with van der Waals surface area (Å²) in [5.74, 6) is -0.310. The zero-order chi connectivity index (χ0) is 18.5. The topological polar surface area (TPSA) is 80.1 Å². The first-order valence-electron chi connectivity index (χ1n) is 8.70. The fourth-order valence-electron chi connectivity index (χ4n) is 3.16. The van der Waals surface area contributed by atoms with E-state index >= 15 is 0 Å². The molecule has 1 fully saturated rings. The highest BCUT2D eigenvalue weighted by atomic mass is 32.2. The van der Waals surface area contributed by atoms with Crippen molar-refractivity contribution in [3.63, 3.8) is 0 Å². The van der Waals surface area contributed by atoms with Crippen molar-refractivity contribution >= 4 is 35.0 Å². The van der Waals surface area contributed by atoms with Crippen LogP contribution in [0.1, 0.15) is 39.7 Å². The van der Waals surface area contributed by atoms with Gasteiger partial charge in [0.05, 0.1) is 16.6 Å². The Morgan fingerprint density at radius 3 is 2.81 bits per heavy atom. The van der Waals surface area contributed by atoms with Gasteiger partial charge in [-0.1, -0.05) is 23.9 Å². The molecule has 0 radical (unpaired) electrons. The van der Waals surface area contributed by atoms with E-state index in [1.165, 1.54) is 11.8 Å². The molecule has 1 aromatic heterocycles. The molecule has 1 aliphatic heterocycles. The molecule has 4 rings (SSSR count). The van der Waals surface area contributed by atoms with Gasteiger partial charge in [0.15, 0.2) is 5.16 Å². The highest BCUT2D eigenvalue weighted by Gasteiger charge is 2.45. The number of para-hydroxylation sites is 2. The molecular weight excluding hydrogens is 350 g/mol. The average molecular weight is 371 g/mol. The molecule has 1 aromatic carbocycles. The maximum Gasteiger partial charge on any atom is 0.250 e. The van der Waals surface area contributed by atoms with Crippen LogP contribution in [0.15, 0.2) is 35.7 Å². The summed E-state index contributed by atoms with van der Waals surface area (Å²) in [4.78, 5) is 27.5. The number of nitrogens with zero attached hydrogens (tertiary/aromatic N) is 4. The zero-order valence-corrected chi connectivity index (χ0v) is 15.8. The second-order valence-electron chi connectivity index (χ2n) is 7.22. The molecule has 2 aromatic rings. The molecule has 1 saturated carbocycles. The van der Waals surface area contributed by atoms with E-state index in [1.807, 2.05) is 35.8 Å². The van der Waals surface area contributed by atoms with Gasteiger partial charge in [-0.3, -0.25) is 14.5 Å². The molecule has 136 valence electrons. The van der Waals surface area contributed by atoms with E-state index in [4.69, 9.17) is 0 Å². The minimum atomic E-state index is -0.968. The molecule has 0 spiro atoms. The molecule has 1 atom stereocenters. The molecule has 26 heavy (non-hydrogen) atoms. The van der Waals surface area contributed by atoms with Gasteiger partial charge in [0.2, 0.25) is 11.8 Å². The molecule has 2 heterocycles. The second kappa shape index (κ2) is 6.12. The normalized spacial score (nSPS) is 19.7. The molecule has 0 bridgehead atoms. The summed E-state index contributed by atoms with van der Waals surface area (Å²) in [6.45, 7) is 5.38. The Balaban J connectivity index is 1.63. The Morgan fingerprint density at radius 1 is 1.35 bits per heavy atom. The molecular formula is C18H21N5O2S. The molecule has 1 N–H and O–H groups in total. The standard InChI is InChI=1S/C18H21N5O2S/c1-11(26-17-21-19-10-22(17)12-8-9-12)15(24)23-14-7-5-4-6-13(14)20-16(25)18(23,2)3/h4-7,10-12H,8-9H2,1-3H3,(H,20,25). The fraction of sp³-hybridized carbons (Fsp3) is 0.444. The van der Waals surface area contributed by atoms with Crippen molar-refractivity contribution in [1.82, 2.24) is 14.8 Å². The lowest BCUT2D eigenvalue weighted by Gasteiger charge is -2.43. The number of nitrogens with one attached hydrogen (secondary N) is 1.